The van der Waals surface area contributed by atoms with Crippen molar-refractivity contribution in [2.24, 2.45) is 5.10 Å². The lowest BCUT2D eigenvalue weighted by atomic mass is 10.1. The van der Waals surface area contributed by atoms with Crippen molar-refractivity contribution in [1.82, 2.24) is 4.98 Å². The highest BCUT2D eigenvalue weighted by molar-refractivity contribution is 7.14. The molecule has 1 N–H and O–H groups in total. The normalized spacial score (nSPS) is 11.0. The smallest absolute Gasteiger partial charge is 0.336 e. The summed E-state index contributed by atoms with van der Waals surface area (Å²) in [6, 6.07) is 13.4. The molecule has 3 aromatic rings. The standard InChI is InChI=1S/C20H19N3O2S/c1-13-8-9-15(17(10-13)19(24)25)11-21-23(3)20-22-18(12-26-20)16-7-5-4-6-14(16)2/h4-12H,1-3H3,(H,24,25)/b21-11+. The number of carboxylic acids is 1. The Kier molecular flexibility index (Phi) is 5.14. The second kappa shape index (κ2) is 7.49. The summed E-state index contributed by atoms with van der Waals surface area (Å²) in [5.74, 6) is -0.964. The Morgan fingerprint density at radius 2 is 2.00 bits per heavy atom. The first-order valence-corrected chi connectivity index (χ1v) is 8.97. The van der Waals surface area contributed by atoms with E-state index in [-0.39, 0.29) is 5.56 Å². The Labute approximate surface area is 156 Å². The number of carbonyl (C=O) groups is 1. The van der Waals surface area contributed by atoms with E-state index in [2.05, 4.69) is 23.1 Å². The van der Waals surface area contributed by atoms with Crippen molar-refractivity contribution in [3.63, 3.8) is 0 Å². The number of thiazole rings is 1. The summed E-state index contributed by atoms with van der Waals surface area (Å²) in [5, 5.41) is 18.1. The fourth-order valence-electron chi connectivity index (χ4n) is 2.56. The van der Waals surface area contributed by atoms with Gasteiger partial charge in [0.15, 0.2) is 0 Å². The summed E-state index contributed by atoms with van der Waals surface area (Å²) in [5.41, 5.74) is 4.87. The Hall–Kier alpha value is -2.99. The number of benzene rings is 2. The highest BCUT2D eigenvalue weighted by Crippen LogP contribution is 2.28. The fraction of sp³-hybridized carbons (Fsp3) is 0.150. The van der Waals surface area contributed by atoms with Crippen LogP contribution in [-0.4, -0.2) is 29.3 Å². The van der Waals surface area contributed by atoms with Crippen LogP contribution in [0, 0.1) is 13.8 Å². The molecule has 0 saturated carbocycles. The molecule has 0 aliphatic rings. The van der Waals surface area contributed by atoms with Gasteiger partial charge in [0.25, 0.3) is 0 Å². The topological polar surface area (TPSA) is 65.8 Å². The van der Waals surface area contributed by atoms with Crippen LogP contribution < -0.4 is 5.01 Å². The van der Waals surface area contributed by atoms with E-state index >= 15 is 0 Å². The Morgan fingerprint density at radius 1 is 1.23 bits per heavy atom. The minimum atomic E-state index is -0.964. The molecule has 0 fully saturated rings. The maximum absolute atomic E-state index is 11.4. The van der Waals surface area contributed by atoms with Crippen LogP contribution in [0.25, 0.3) is 11.3 Å². The Morgan fingerprint density at radius 3 is 2.73 bits per heavy atom. The molecule has 5 nitrogen and oxygen atoms in total. The van der Waals surface area contributed by atoms with Gasteiger partial charge in [-0.3, -0.25) is 0 Å². The van der Waals surface area contributed by atoms with Crippen LogP contribution in [-0.2, 0) is 0 Å². The van der Waals surface area contributed by atoms with E-state index in [1.165, 1.54) is 16.9 Å². The molecule has 6 heteroatoms. The summed E-state index contributed by atoms with van der Waals surface area (Å²) < 4.78 is 0. The van der Waals surface area contributed by atoms with E-state index in [1.54, 1.807) is 30.4 Å². The van der Waals surface area contributed by atoms with Crippen LogP contribution in [0.3, 0.4) is 0 Å². The SMILES string of the molecule is Cc1ccc(/C=N/N(C)c2nc(-c3ccccc3C)cs2)c(C(=O)O)c1. The summed E-state index contributed by atoms with van der Waals surface area (Å²) in [6.45, 7) is 3.92. The van der Waals surface area contributed by atoms with Crippen molar-refractivity contribution in [3.8, 4) is 11.3 Å². The maximum Gasteiger partial charge on any atom is 0.336 e. The van der Waals surface area contributed by atoms with Gasteiger partial charge in [-0.2, -0.15) is 5.10 Å². The number of nitrogens with zero attached hydrogens (tertiary/aromatic N) is 3. The Bertz CT molecular complexity index is 979. The molecule has 1 aromatic heterocycles. The predicted molar refractivity (Wildman–Crippen MR) is 106 cm³/mol. The average molecular weight is 365 g/mol. The number of anilines is 1. The molecule has 0 saturated heterocycles. The van der Waals surface area contributed by atoms with Gasteiger partial charge in [-0.05, 0) is 25.5 Å². The van der Waals surface area contributed by atoms with Gasteiger partial charge in [0.05, 0.1) is 17.5 Å². The second-order valence-corrected chi connectivity index (χ2v) is 6.83. The summed E-state index contributed by atoms with van der Waals surface area (Å²) in [4.78, 5) is 16.0. The monoisotopic (exact) mass is 365 g/mol. The predicted octanol–water partition coefficient (Wildman–Crippen LogP) is 4.60. The molecule has 0 bridgehead atoms. The van der Waals surface area contributed by atoms with E-state index < -0.39 is 5.97 Å². The average Bonchev–Trinajstić information content (AvgIpc) is 3.10. The van der Waals surface area contributed by atoms with Crippen molar-refractivity contribution in [2.45, 2.75) is 13.8 Å². The zero-order valence-corrected chi connectivity index (χ0v) is 15.6. The number of aryl methyl sites for hydroxylation is 2. The molecule has 0 unspecified atom stereocenters. The molecule has 0 aliphatic heterocycles. The summed E-state index contributed by atoms with van der Waals surface area (Å²) in [7, 11) is 1.80. The molecule has 2 aromatic carbocycles. The van der Waals surface area contributed by atoms with Gasteiger partial charge in [-0.25, -0.2) is 14.8 Å². The Balaban J connectivity index is 1.83. The number of carboxylic acid groups (broad SMARTS) is 1. The maximum atomic E-state index is 11.4. The number of hydrazone groups is 1. The van der Waals surface area contributed by atoms with Crippen molar-refractivity contribution in [3.05, 3.63) is 70.1 Å². The summed E-state index contributed by atoms with van der Waals surface area (Å²) >= 11 is 1.49. The van der Waals surface area contributed by atoms with Gasteiger partial charge in [0.1, 0.15) is 0 Å². The van der Waals surface area contributed by atoms with Gasteiger partial charge < -0.3 is 5.11 Å². The molecule has 0 amide bonds. The van der Waals surface area contributed by atoms with Crippen LogP contribution in [0.2, 0.25) is 0 Å². The number of aromatic carboxylic acids is 1. The molecule has 26 heavy (non-hydrogen) atoms. The molecule has 0 radical (unpaired) electrons. The highest BCUT2D eigenvalue weighted by Gasteiger charge is 2.11. The quantitative estimate of drug-likeness (QED) is 0.530. The number of hydrogen-bond donors (Lipinski definition) is 1. The highest BCUT2D eigenvalue weighted by atomic mass is 32.1. The molecular formula is C20H19N3O2S. The van der Waals surface area contributed by atoms with Crippen LogP contribution in [0.15, 0.2) is 52.9 Å². The van der Waals surface area contributed by atoms with E-state index in [0.717, 1.165) is 22.0 Å². The largest absolute Gasteiger partial charge is 0.478 e. The van der Waals surface area contributed by atoms with Crippen LogP contribution >= 0.6 is 11.3 Å². The first-order valence-electron chi connectivity index (χ1n) is 8.09. The molecule has 1 heterocycles. The minimum Gasteiger partial charge on any atom is -0.478 e. The van der Waals surface area contributed by atoms with E-state index in [4.69, 9.17) is 0 Å². The number of hydrogen-bond acceptors (Lipinski definition) is 5. The third-order valence-corrected chi connectivity index (χ3v) is 4.91. The zero-order chi connectivity index (χ0) is 18.7. The van der Waals surface area contributed by atoms with Crippen molar-refractivity contribution in [1.29, 1.82) is 0 Å². The van der Waals surface area contributed by atoms with E-state index in [0.29, 0.717) is 5.56 Å². The molecule has 0 spiro atoms. The number of rotatable bonds is 5. The molecular weight excluding hydrogens is 346 g/mol. The van der Waals surface area contributed by atoms with E-state index in [1.807, 2.05) is 36.6 Å². The van der Waals surface area contributed by atoms with Crippen LogP contribution in [0.4, 0.5) is 5.13 Å². The van der Waals surface area contributed by atoms with Gasteiger partial charge >= 0.3 is 5.97 Å². The third-order valence-electron chi connectivity index (χ3n) is 4.00. The van der Waals surface area contributed by atoms with Gasteiger partial charge in [-0.15, -0.1) is 11.3 Å². The van der Waals surface area contributed by atoms with Crippen molar-refractivity contribution in [2.75, 3.05) is 12.1 Å². The minimum absolute atomic E-state index is 0.238. The van der Waals surface area contributed by atoms with Crippen molar-refractivity contribution >= 4 is 28.7 Å². The molecule has 0 atom stereocenters. The lowest BCUT2D eigenvalue weighted by Crippen LogP contribution is -2.10. The van der Waals surface area contributed by atoms with E-state index in [9.17, 15) is 9.90 Å². The first-order chi connectivity index (χ1) is 12.5. The van der Waals surface area contributed by atoms with Gasteiger partial charge in [-0.1, -0.05) is 42.0 Å². The first kappa shape index (κ1) is 17.8. The molecule has 132 valence electrons. The van der Waals surface area contributed by atoms with Gasteiger partial charge in [0, 0.05) is 23.6 Å². The third kappa shape index (κ3) is 3.81. The van der Waals surface area contributed by atoms with Crippen molar-refractivity contribution < 1.29 is 9.90 Å². The van der Waals surface area contributed by atoms with Crippen LogP contribution in [0.5, 0.6) is 0 Å². The molecule has 3 rings (SSSR count). The lowest BCUT2D eigenvalue weighted by Gasteiger charge is -2.09. The second-order valence-electron chi connectivity index (χ2n) is 5.99. The number of aromatic nitrogens is 1. The summed E-state index contributed by atoms with van der Waals surface area (Å²) in [6.07, 6.45) is 1.55. The van der Waals surface area contributed by atoms with Gasteiger partial charge in [0.2, 0.25) is 5.13 Å². The zero-order valence-electron chi connectivity index (χ0n) is 14.8. The fourth-order valence-corrected chi connectivity index (χ4v) is 3.31. The lowest BCUT2D eigenvalue weighted by molar-refractivity contribution is 0.0696. The van der Waals surface area contributed by atoms with Crippen LogP contribution in [0.1, 0.15) is 27.0 Å². The molecule has 0 aliphatic carbocycles.